The minimum absolute atomic E-state index is 0.0694. The molecule has 0 fully saturated rings. The molecule has 0 saturated heterocycles. The molecule has 0 aliphatic rings. The van der Waals surface area contributed by atoms with Gasteiger partial charge in [-0.3, -0.25) is 9.59 Å². The number of hydrogen-bond acceptors (Lipinski definition) is 6. The van der Waals surface area contributed by atoms with Gasteiger partial charge in [-0.1, -0.05) is 12.1 Å². The van der Waals surface area contributed by atoms with E-state index in [1.807, 2.05) is 0 Å². The first-order valence-corrected chi connectivity index (χ1v) is 9.38. The molecule has 162 valence electrons. The highest BCUT2D eigenvalue weighted by Gasteiger charge is 2.18. The summed E-state index contributed by atoms with van der Waals surface area (Å²) in [6.45, 7) is 2.04. The second-order valence-electron chi connectivity index (χ2n) is 6.41. The molecule has 30 heavy (non-hydrogen) atoms. The van der Waals surface area contributed by atoms with Gasteiger partial charge >= 0.3 is 5.97 Å². The summed E-state index contributed by atoms with van der Waals surface area (Å²) in [5, 5.41) is 0. The van der Waals surface area contributed by atoms with Crippen LogP contribution in [0.15, 0.2) is 36.4 Å². The van der Waals surface area contributed by atoms with Crippen molar-refractivity contribution < 1.29 is 32.9 Å². The number of carbonyl (C=O) groups excluding carboxylic acids is 2. The number of rotatable bonds is 10. The molecular formula is C22H26FNO6. The van der Waals surface area contributed by atoms with E-state index < -0.39 is 12.6 Å². The third-order valence-corrected chi connectivity index (χ3v) is 4.43. The number of ether oxygens (including phenoxy) is 4. The summed E-state index contributed by atoms with van der Waals surface area (Å²) >= 11 is 0. The van der Waals surface area contributed by atoms with Crippen molar-refractivity contribution in [3.63, 3.8) is 0 Å². The summed E-state index contributed by atoms with van der Waals surface area (Å²) in [6.07, 6.45) is -0.0694. The van der Waals surface area contributed by atoms with Crippen molar-refractivity contribution in [1.82, 2.24) is 4.90 Å². The number of esters is 1. The molecule has 0 heterocycles. The van der Waals surface area contributed by atoms with E-state index in [9.17, 15) is 14.0 Å². The fraction of sp³-hybridized carbons (Fsp3) is 0.364. The number of amides is 1. The standard InChI is InChI=1S/C22H26FNO6/c1-5-24(13-15-7-6-8-17(23)9-15)20(25)14-30-21(26)12-16-10-18(27-2)22(29-4)19(11-16)28-3/h6-11H,5,12-14H2,1-4H3. The Labute approximate surface area is 175 Å². The zero-order valence-corrected chi connectivity index (χ0v) is 17.6. The van der Waals surface area contributed by atoms with Crippen LogP contribution >= 0.6 is 0 Å². The normalized spacial score (nSPS) is 10.3. The third kappa shape index (κ3) is 6.10. The predicted octanol–water partition coefficient (Wildman–Crippen LogP) is 2.99. The molecule has 7 nitrogen and oxygen atoms in total. The molecule has 2 aromatic rings. The van der Waals surface area contributed by atoms with E-state index in [0.717, 1.165) is 0 Å². The Morgan fingerprint density at radius 2 is 1.63 bits per heavy atom. The van der Waals surface area contributed by atoms with Crippen molar-refractivity contribution in [1.29, 1.82) is 0 Å². The van der Waals surface area contributed by atoms with Crippen LogP contribution in [0.5, 0.6) is 17.2 Å². The summed E-state index contributed by atoms with van der Waals surface area (Å²) in [5.41, 5.74) is 1.25. The first-order chi connectivity index (χ1) is 14.4. The van der Waals surface area contributed by atoms with E-state index in [-0.39, 0.29) is 24.7 Å². The van der Waals surface area contributed by atoms with Gasteiger partial charge in [-0.05, 0) is 42.3 Å². The SMILES string of the molecule is CCN(Cc1cccc(F)c1)C(=O)COC(=O)Cc1cc(OC)c(OC)c(OC)c1. The van der Waals surface area contributed by atoms with Crippen LogP contribution in [0.3, 0.4) is 0 Å². The van der Waals surface area contributed by atoms with Crippen molar-refractivity contribution in [3.05, 3.63) is 53.3 Å². The molecule has 0 N–H and O–H groups in total. The van der Waals surface area contributed by atoms with Gasteiger partial charge in [0, 0.05) is 13.1 Å². The van der Waals surface area contributed by atoms with Gasteiger partial charge in [-0.25, -0.2) is 4.39 Å². The van der Waals surface area contributed by atoms with Crippen molar-refractivity contribution in [2.45, 2.75) is 19.9 Å². The first kappa shape index (κ1) is 23.0. The van der Waals surface area contributed by atoms with Crippen molar-refractivity contribution in [3.8, 4) is 17.2 Å². The Morgan fingerprint density at radius 1 is 0.967 bits per heavy atom. The number of nitrogens with zero attached hydrogens (tertiary/aromatic N) is 1. The average Bonchev–Trinajstić information content (AvgIpc) is 2.75. The van der Waals surface area contributed by atoms with Crippen LogP contribution in [0.25, 0.3) is 0 Å². The fourth-order valence-corrected chi connectivity index (χ4v) is 2.92. The molecule has 0 saturated carbocycles. The summed E-state index contributed by atoms with van der Waals surface area (Å²) in [6, 6.07) is 9.31. The van der Waals surface area contributed by atoms with Gasteiger partial charge in [0.05, 0.1) is 27.8 Å². The average molecular weight is 419 g/mol. The minimum Gasteiger partial charge on any atom is -0.493 e. The van der Waals surface area contributed by atoms with Gasteiger partial charge in [0.15, 0.2) is 18.1 Å². The molecule has 0 aromatic heterocycles. The lowest BCUT2D eigenvalue weighted by Crippen LogP contribution is -2.34. The van der Waals surface area contributed by atoms with Crippen LogP contribution in [-0.4, -0.2) is 51.3 Å². The van der Waals surface area contributed by atoms with Crippen LogP contribution < -0.4 is 14.2 Å². The molecule has 2 rings (SSSR count). The first-order valence-electron chi connectivity index (χ1n) is 9.38. The number of hydrogen-bond donors (Lipinski definition) is 0. The molecular weight excluding hydrogens is 393 g/mol. The highest BCUT2D eigenvalue weighted by Crippen LogP contribution is 2.38. The highest BCUT2D eigenvalue weighted by molar-refractivity contribution is 5.81. The maximum Gasteiger partial charge on any atom is 0.310 e. The number of likely N-dealkylation sites (N-methyl/N-ethyl adjacent to an activating group) is 1. The summed E-state index contributed by atoms with van der Waals surface area (Å²) < 4.78 is 34.3. The van der Waals surface area contributed by atoms with Crippen molar-refractivity contribution in [2.75, 3.05) is 34.5 Å². The summed E-state index contributed by atoms with van der Waals surface area (Å²) in [5.74, 6) is -0.0404. The van der Waals surface area contributed by atoms with Crippen LogP contribution in [0.4, 0.5) is 4.39 Å². The van der Waals surface area contributed by atoms with Crippen LogP contribution in [-0.2, 0) is 27.3 Å². The van der Waals surface area contributed by atoms with E-state index in [1.54, 1.807) is 31.2 Å². The van der Waals surface area contributed by atoms with E-state index in [0.29, 0.717) is 34.9 Å². The predicted molar refractivity (Wildman–Crippen MR) is 108 cm³/mol. The molecule has 0 bridgehead atoms. The van der Waals surface area contributed by atoms with E-state index in [2.05, 4.69) is 0 Å². The smallest absolute Gasteiger partial charge is 0.310 e. The summed E-state index contributed by atoms with van der Waals surface area (Å²) in [4.78, 5) is 26.1. The topological polar surface area (TPSA) is 74.3 Å². The summed E-state index contributed by atoms with van der Waals surface area (Å²) in [7, 11) is 4.45. The monoisotopic (exact) mass is 419 g/mol. The second kappa shape index (κ2) is 11.0. The highest BCUT2D eigenvalue weighted by atomic mass is 19.1. The zero-order valence-electron chi connectivity index (χ0n) is 17.6. The van der Waals surface area contributed by atoms with Crippen LogP contribution in [0, 0.1) is 5.82 Å². The largest absolute Gasteiger partial charge is 0.493 e. The van der Waals surface area contributed by atoms with Gasteiger partial charge < -0.3 is 23.8 Å². The molecule has 8 heteroatoms. The van der Waals surface area contributed by atoms with Gasteiger partial charge in [0.1, 0.15) is 5.82 Å². The van der Waals surface area contributed by atoms with E-state index >= 15 is 0 Å². The molecule has 0 aliphatic carbocycles. The number of methoxy groups -OCH3 is 3. The van der Waals surface area contributed by atoms with Gasteiger partial charge in [-0.2, -0.15) is 0 Å². The fourth-order valence-electron chi connectivity index (χ4n) is 2.92. The maximum atomic E-state index is 13.3. The molecule has 0 atom stereocenters. The minimum atomic E-state index is -0.570. The van der Waals surface area contributed by atoms with E-state index in [4.69, 9.17) is 18.9 Å². The van der Waals surface area contributed by atoms with Gasteiger partial charge in [0.25, 0.3) is 5.91 Å². The van der Waals surface area contributed by atoms with Crippen LogP contribution in [0.2, 0.25) is 0 Å². The third-order valence-electron chi connectivity index (χ3n) is 4.43. The van der Waals surface area contributed by atoms with Crippen molar-refractivity contribution in [2.24, 2.45) is 0 Å². The lowest BCUT2D eigenvalue weighted by atomic mass is 10.1. The molecule has 1 amide bonds. The molecule has 0 radical (unpaired) electrons. The number of halogens is 1. The Kier molecular flexibility index (Phi) is 8.46. The number of benzene rings is 2. The Bertz CT molecular complexity index is 861. The molecule has 0 spiro atoms. The Morgan fingerprint density at radius 3 is 2.17 bits per heavy atom. The lowest BCUT2D eigenvalue weighted by molar-refractivity contribution is -0.151. The van der Waals surface area contributed by atoms with Gasteiger partial charge in [-0.15, -0.1) is 0 Å². The maximum absolute atomic E-state index is 13.3. The Hall–Kier alpha value is -3.29. The Balaban J connectivity index is 1.97. The lowest BCUT2D eigenvalue weighted by Gasteiger charge is -2.21. The second-order valence-corrected chi connectivity index (χ2v) is 6.41. The molecule has 0 aliphatic heterocycles. The molecule has 0 unspecified atom stereocenters. The quantitative estimate of drug-likeness (QED) is 0.551. The van der Waals surface area contributed by atoms with Gasteiger partial charge in [0.2, 0.25) is 5.75 Å². The van der Waals surface area contributed by atoms with Crippen LogP contribution in [0.1, 0.15) is 18.1 Å². The zero-order chi connectivity index (χ0) is 22.1. The van der Waals surface area contributed by atoms with E-state index in [1.165, 1.54) is 38.4 Å². The van der Waals surface area contributed by atoms with Crippen molar-refractivity contribution >= 4 is 11.9 Å². The molecule has 2 aromatic carbocycles. The number of carbonyl (C=O) groups is 2.